The Morgan fingerprint density at radius 2 is 1.82 bits per heavy atom. The van der Waals surface area contributed by atoms with Gasteiger partial charge in [0.25, 0.3) is 0 Å². The van der Waals surface area contributed by atoms with Crippen LogP contribution < -0.4 is 9.44 Å². The second-order valence-corrected chi connectivity index (χ2v) is 4.75. The van der Waals surface area contributed by atoms with Crippen LogP contribution in [0.15, 0.2) is 40.1 Å². The summed E-state index contributed by atoms with van der Waals surface area (Å²) in [7, 11) is 0. The molecule has 1 aliphatic rings. The Morgan fingerprint density at radius 3 is 2.59 bits per heavy atom. The van der Waals surface area contributed by atoms with Crippen LogP contribution in [0.5, 0.6) is 0 Å². The average Bonchev–Trinajstić information content (AvgIpc) is 2.90. The average molecular weight is 248 g/mol. The molecule has 1 aromatic heterocycles. The first-order valence-corrected chi connectivity index (χ1v) is 6.61. The molecule has 0 unspecified atom stereocenters. The number of morpholine rings is 1. The number of benzene rings is 1. The Bertz CT molecular complexity index is 548. The second kappa shape index (κ2) is 4.85. The van der Waals surface area contributed by atoms with Crippen molar-refractivity contribution in [1.29, 1.82) is 0 Å². The van der Waals surface area contributed by atoms with Gasteiger partial charge in [0.1, 0.15) is 13.2 Å². The highest BCUT2D eigenvalue weighted by Crippen LogP contribution is 2.18. The van der Waals surface area contributed by atoms with Gasteiger partial charge in [0.05, 0.1) is 0 Å². The van der Waals surface area contributed by atoms with E-state index in [0.717, 1.165) is 42.5 Å². The summed E-state index contributed by atoms with van der Waals surface area (Å²) < 4.78 is 13.5. The van der Waals surface area contributed by atoms with Gasteiger partial charge in [-0.1, -0.05) is 30.3 Å². The number of nitrogens with zero attached hydrogens (tertiary/aromatic N) is 1. The molecule has 3 nitrogen and oxygen atoms in total. The van der Waals surface area contributed by atoms with Crippen LogP contribution in [-0.4, -0.2) is 26.3 Å². The zero-order chi connectivity index (χ0) is 11.5. The Labute approximate surface area is 104 Å². The van der Waals surface area contributed by atoms with E-state index in [9.17, 15) is 0 Å². The van der Waals surface area contributed by atoms with Gasteiger partial charge in [-0.15, -0.1) is 0 Å². The molecular weight excluding hydrogens is 234 g/mol. The molecule has 0 N–H and O–H groups in total. The third-order valence-corrected chi connectivity index (χ3v) is 3.67. The topological polar surface area (TPSA) is 25.4 Å². The second-order valence-electron chi connectivity index (χ2n) is 3.93. The number of rotatable bonds is 1. The molecule has 1 saturated heterocycles. The van der Waals surface area contributed by atoms with E-state index in [0.29, 0.717) is 0 Å². The Balaban J connectivity index is 1.98. The summed E-state index contributed by atoms with van der Waals surface area (Å²) in [5, 5.41) is 2.07. The minimum Gasteiger partial charge on any atom is -0.396 e. The van der Waals surface area contributed by atoms with Gasteiger partial charge in [-0.3, -0.25) is 0 Å². The summed E-state index contributed by atoms with van der Waals surface area (Å²) in [5.74, 6) is 0.942. The molecular formula is C13H14NO2S+. The highest BCUT2D eigenvalue weighted by atomic mass is 32.1. The van der Waals surface area contributed by atoms with Crippen LogP contribution in [0.4, 0.5) is 0 Å². The lowest BCUT2D eigenvalue weighted by atomic mass is 10.2. The van der Waals surface area contributed by atoms with Gasteiger partial charge in [0, 0.05) is 10.9 Å². The molecule has 0 saturated carbocycles. The zero-order valence-corrected chi connectivity index (χ0v) is 10.3. The smallest absolute Gasteiger partial charge is 0.396 e. The van der Waals surface area contributed by atoms with Gasteiger partial charge >= 0.3 is 4.87 Å². The fourth-order valence-electron chi connectivity index (χ4n) is 1.86. The maximum atomic E-state index is 5.90. The standard InChI is InChI=1S/C13H14NO2S/c1-2-4-11(5-3-1)12-10-17-13(16-12)14-6-8-15-9-7-14/h1-5,10H,6-9H2/q+1. The summed E-state index contributed by atoms with van der Waals surface area (Å²) >= 11 is 1.65. The highest BCUT2D eigenvalue weighted by molar-refractivity contribution is 7.07. The lowest BCUT2D eigenvalue weighted by Gasteiger charge is -2.08. The molecule has 2 heterocycles. The van der Waals surface area contributed by atoms with Crippen molar-refractivity contribution in [2.75, 3.05) is 26.3 Å². The lowest BCUT2D eigenvalue weighted by molar-refractivity contribution is 0.0935. The van der Waals surface area contributed by atoms with Gasteiger partial charge in [-0.2, -0.15) is 4.58 Å². The van der Waals surface area contributed by atoms with Crippen molar-refractivity contribution in [3.63, 3.8) is 0 Å². The number of ether oxygens (including phenoxy) is 1. The molecule has 0 atom stereocenters. The van der Waals surface area contributed by atoms with Gasteiger partial charge < -0.3 is 9.15 Å². The third kappa shape index (κ3) is 2.33. The van der Waals surface area contributed by atoms with Gasteiger partial charge in [0.15, 0.2) is 18.8 Å². The molecule has 0 amide bonds. The van der Waals surface area contributed by atoms with Crippen LogP contribution in [0.3, 0.4) is 0 Å². The first kappa shape index (κ1) is 10.7. The molecule has 88 valence electrons. The maximum absolute atomic E-state index is 5.90. The van der Waals surface area contributed by atoms with Gasteiger partial charge in [0.2, 0.25) is 0 Å². The number of hydrogen-bond donors (Lipinski definition) is 0. The van der Waals surface area contributed by atoms with Crippen molar-refractivity contribution in [2.24, 2.45) is 0 Å². The Kier molecular flexibility index (Phi) is 3.07. The van der Waals surface area contributed by atoms with E-state index < -0.39 is 0 Å². The molecule has 0 radical (unpaired) electrons. The summed E-state index contributed by atoms with van der Waals surface area (Å²) in [6, 6.07) is 10.2. The van der Waals surface area contributed by atoms with Crippen molar-refractivity contribution in [3.05, 3.63) is 40.6 Å². The van der Waals surface area contributed by atoms with E-state index >= 15 is 0 Å². The monoisotopic (exact) mass is 248 g/mol. The lowest BCUT2D eigenvalue weighted by Crippen LogP contribution is -2.38. The van der Waals surface area contributed by atoms with Crippen LogP contribution in [0.2, 0.25) is 0 Å². The third-order valence-electron chi connectivity index (χ3n) is 2.79. The first-order chi connectivity index (χ1) is 8.43. The minimum atomic E-state index is 0.786. The molecule has 2 aromatic rings. The van der Waals surface area contributed by atoms with Crippen molar-refractivity contribution in [3.8, 4) is 11.3 Å². The fraction of sp³-hybridized carbons (Fsp3) is 0.308. The Morgan fingerprint density at radius 1 is 1.06 bits per heavy atom. The van der Waals surface area contributed by atoms with Crippen molar-refractivity contribution < 1.29 is 9.15 Å². The van der Waals surface area contributed by atoms with Crippen molar-refractivity contribution >= 4 is 11.3 Å². The van der Waals surface area contributed by atoms with E-state index in [1.54, 1.807) is 11.3 Å². The van der Waals surface area contributed by atoms with E-state index in [-0.39, 0.29) is 0 Å². The van der Waals surface area contributed by atoms with Crippen LogP contribution in [-0.2, 0) is 4.74 Å². The molecule has 1 fully saturated rings. The fourth-order valence-corrected chi connectivity index (χ4v) is 2.72. The minimum absolute atomic E-state index is 0.786. The quantitative estimate of drug-likeness (QED) is 0.719. The molecule has 4 heteroatoms. The van der Waals surface area contributed by atoms with Gasteiger partial charge in [-0.05, 0) is 11.3 Å². The molecule has 3 rings (SSSR count). The summed E-state index contributed by atoms with van der Waals surface area (Å²) in [6.45, 7) is 3.40. The van der Waals surface area contributed by atoms with Crippen LogP contribution >= 0.6 is 11.3 Å². The molecule has 0 aliphatic carbocycles. The highest BCUT2D eigenvalue weighted by Gasteiger charge is 2.15. The summed E-state index contributed by atoms with van der Waals surface area (Å²) in [4.78, 5) is 0.979. The largest absolute Gasteiger partial charge is 0.430 e. The van der Waals surface area contributed by atoms with Crippen LogP contribution in [0.25, 0.3) is 11.3 Å². The molecule has 1 aliphatic heterocycles. The van der Waals surface area contributed by atoms with E-state index in [4.69, 9.17) is 9.15 Å². The predicted molar refractivity (Wildman–Crippen MR) is 67.8 cm³/mol. The summed E-state index contributed by atoms with van der Waals surface area (Å²) in [6.07, 6.45) is 0. The van der Waals surface area contributed by atoms with Crippen molar-refractivity contribution in [2.45, 2.75) is 0 Å². The molecule has 0 bridgehead atoms. The molecule has 17 heavy (non-hydrogen) atoms. The summed E-state index contributed by atoms with van der Waals surface area (Å²) in [5.41, 5.74) is 1.13. The molecule has 0 spiro atoms. The van der Waals surface area contributed by atoms with E-state index in [2.05, 4.69) is 22.1 Å². The van der Waals surface area contributed by atoms with E-state index in [1.165, 1.54) is 0 Å². The maximum Gasteiger partial charge on any atom is 0.430 e. The SMILES string of the molecule is c1ccc(-c2csc(=[N+]3CCOCC3)o2)cc1. The van der Waals surface area contributed by atoms with Crippen LogP contribution in [0, 0.1) is 0 Å². The van der Waals surface area contributed by atoms with Crippen LogP contribution in [0.1, 0.15) is 0 Å². The van der Waals surface area contributed by atoms with Crippen molar-refractivity contribution in [1.82, 2.24) is 4.58 Å². The Hall–Kier alpha value is -1.39. The van der Waals surface area contributed by atoms with E-state index in [1.807, 2.05) is 18.2 Å². The normalized spacial score (nSPS) is 16.1. The predicted octanol–water partition coefficient (Wildman–Crippen LogP) is 1.81. The zero-order valence-electron chi connectivity index (χ0n) is 9.46. The van der Waals surface area contributed by atoms with Gasteiger partial charge in [-0.25, -0.2) is 0 Å². The molecule has 1 aromatic carbocycles. The number of hydrogen-bond acceptors (Lipinski definition) is 3. The first-order valence-electron chi connectivity index (χ1n) is 5.73.